The lowest BCUT2D eigenvalue weighted by Gasteiger charge is -2.22. The Hall–Kier alpha value is -1.73. The molecule has 1 amide bonds. The first-order chi connectivity index (χ1) is 10.8. The zero-order valence-corrected chi connectivity index (χ0v) is 13.3. The Morgan fingerprint density at radius 2 is 2.50 bits per heavy atom. The van der Waals surface area contributed by atoms with Gasteiger partial charge in [0, 0.05) is 11.4 Å². The van der Waals surface area contributed by atoms with Crippen LogP contribution in [0.5, 0.6) is 0 Å². The zero-order valence-electron chi connectivity index (χ0n) is 12.5. The van der Waals surface area contributed by atoms with E-state index in [1.54, 1.807) is 22.2 Å². The van der Waals surface area contributed by atoms with Crippen LogP contribution < -0.4 is 10.6 Å². The largest absolute Gasteiger partial charge is 0.351 e. The molecule has 1 fully saturated rings. The number of nitrogens with zero attached hydrogens (tertiary/aromatic N) is 3. The molecule has 1 aliphatic rings. The first kappa shape index (κ1) is 15.2. The summed E-state index contributed by atoms with van der Waals surface area (Å²) in [5, 5.41) is 16.3. The molecule has 0 aliphatic carbocycles. The Labute approximate surface area is 133 Å². The summed E-state index contributed by atoms with van der Waals surface area (Å²) in [5.41, 5.74) is 0.387. The fourth-order valence-corrected chi connectivity index (χ4v) is 3.39. The highest BCUT2D eigenvalue weighted by Gasteiger charge is 2.14. The van der Waals surface area contributed by atoms with E-state index in [0.29, 0.717) is 24.7 Å². The maximum Gasteiger partial charge on any atom is 0.273 e. The predicted molar refractivity (Wildman–Crippen MR) is 86.0 cm³/mol. The molecule has 3 rings (SSSR count). The van der Waals surface area contributed by atoms with E-state index in [2.05, 4.69) is 20.9 Å². The molecule has 1 atom stereocenters. The van der Waals surface area contributed by atoms with Crippen LogP contribution in [0.15, 0.2) is 23.7 Å². The minimum atomic E-state index is -0.138. The van der Waals surface area contributed by atoms with Crippen LogP contribution in [0.1, 0.15) is 34.6 Å². The van der Waals surface area contributed by atoms with Crippen LogP contribution in [0.2, 0.25) is 0 Å². The molecular formula is C15H21N5OS. The van der Waals surface area contributed by atoms with Gasteiger partial charge in [-0.2, -0.15) is 0 Å². The fourth-order valence-electron chi connectivity index (χ4n) is 2.69. The van der Waals surface area contributed by atoms with Crippen LogP contribution in [0, 0.1) is 5.92 Å². The van der Waals surface area contributed by atoms with Crippen molar-refractivity contribution < 1.29 is 4.79 Å². The highest BCUT2D eigenvalue weighted by Crippen LogP contribution is 2.13. The standard InChI is InChI=1S/C15H21N5OS/c21-15(17-7-5-12-3-1-6-16-9-12)14-11-20(19-18-14)10-13-4-2-8-22-13/h2,4,8,11-12,16H,1,3,5-7,9-10H2,(H,17,21). The molecule has 1 saturated heterocycles. The number of aromatic nitrogens is 3. The van der Waals surface area contributed by atoms with Gasteiger partial charge < -0.3 is 10.6 Å². The molecule has 0 aromatic carbocycles. The van der Waals surface area contributed by atoms with Gasteiger partial charge in [-0.25, -0.2) is 4.68 Å². The van der Waals surface area contributed by atoms with Gasteiger partial charge in [0.05, 0.1) is 12.7 Å². The number of hydrogen-bond donors (Lipinski definition) is 2. The smallest absolute Gasteiger partial charge is 0.273 e. The SMILES string of the molecule is O=C(NCCC1CCCNC1)c1cn(Cc2cccs2)nn1. The van der Waals surface area contributed by atoms with E-state index in [-0.39, 0.29) is 5.91 Å². The molecule has 6 nitrogen and oxygen atoms in total. The van der Waals surface area contributed by atoms with Crippen molar-refractivity contribution in [3.05, 3.63) is 34.3 Å². The van der Waals surface area contributed by atoms with Crippen molar-refractivity contribution in [2.24, 2.45) is 5.92 Å². The number of piperidine rings is 1. The highest BCUT2D eigenvalue weighted by molar-refractivity contribution is 7.09. The van der Waals surface area contributed by atoms with Gasteiger partial charge in [0.1, 0.15) is 0 Å². The Morgan fingerprint density at radius 1 is 1.55 bits per heavy atom. The Morgan fingerprint density at radius 3 is 3.27 bits per heavy atom. The average Bonchev–Trinajstić information content (AvgIpc) is 3.21. The summed E-state index contributed by atoms with van der Waals surface area (Å²) in [6.07, 6.45) is 5.20. The molecule has 1 aliphatic heterocycles. The lowest BCUT2D eigenvalue weighted by molar-refractivity contribution is 0.0945. The lowest BCUT2D eigenvalue weighted by Crippen LogP contribution is -2.33. The topological polar surface area (TPSA) is 71.8 Å². The second kappa shape index (κ2) is 7.51. The van der Waals surface area contributed by atoms with Gasteiger partial charge in [-0.1, -0.05) is 11.3 Å². The van der Waals surface area contributed by atoms with Gasteiger partial charge in [0.25, 0.3) is 5.91 Å². The molecule has 7 heteroatoms. The van der Waals surface area contributed by atoms with E-state index in [9.17, 15) is 4.79 Å². The van der Waals surface area contributed by atoms with E-state index in [1.807, 2.05) is 17.5 Å². The maximum absolute atomic E-state index is 12.1. The summed E-state index contributed by atoms with van der Waals surface area (Å²) >= 11 is 1.67. The van der Waals surface area contributed by atoms with E-state index in [0.717, 1.165) is 19.5 Å². The minimum Gasteiger partial charge on any atom is -0.351 e. The van der Waals surface area contributed by atoms with Gasteiger partial charge in [-0.3, -0.25) is 4.79 Å². The number of nitrogens with one attached hydrogen (secondary N) is 2. The zero-order chi connectivity index (χ0) is 15.2. The number of rotatable bonds is 6. The lowest BCUT2D eigenvalue weighted by atomic mass is 9.96. The van der Waals surface area contributed by atoms with E-state index < -0.39 is 0 Å². The minimum absolute atomic E-state index is 0.138. The summed E-state index contributed by atoms with van der Waals surface area (Å²) in [6, 6.07) is 4.05. The predicted octanol–water partition coefficient (Wildman–Crippen LogP) is 1.51. The van der Waals surface area contributed by atoms with E-state index in [1.165, 1.54) is 17.7 Å². The fraction of sp³-hybridized carbons (Fsp3) is 0.533. The maximum atomic E-state index is 12.1. The molecule has 3 heterocycles. The van der Waals surface area contributed by atoms with Crippen LogP contribution in [0.25, 0.3) is 0 Å². The molecule has 2 aromatic heterocycles. The summed E-state index contributed by atoms with van der Waals surface area (Å²) in [6.45, 7) is 3.54. The monoisotopic (exact) mass is 319 g/mol. The van der Waals surface area contributed by atoms with Gasteiger partial charge in [0.15, 0.2) is 5.69 Å². The molecule has 0 saturated carbocycles. The second-order valence-corrected chi connectivity index (χ2v) is 6.67. The Kier molecular flexibility index (Phi) is 5.18. The van der Waals surface area contributed by atoms with Crippen molar-refractivity contribution >= 4 is 17.2 Å². The first-order valence-electron chi connectivity index (χ1n) is 7.72. The molecule has 0 bridgehead atoms. The van der Waals surface area contributed by atoms with Gasteiger partial charge in [0.2, 0.25) is 0 Å². The molecule has 0 spiro atoms. The molecule has 2 aromatic rings. The number of carbonyl (C=O) groups excluding carboxylic acids is 1. The van der Waals surface area contributed by atoms with Crippen LogP contribution in [0.3, 0.4) is 0 Å². The Bertz CT molecular complexity index is 589. The van der Waals surface area contributed by atoms with Gasteiger partial charge in [-0.15, -0.1) is 16.4 Å². The normalized spacial score (nSPS) is 18.3. The molecular weight excluding hydrogens is 298 g/mol. The van der Waals surface area contributed by atoms with Crippen LogP contribution in [-0.4, -0.2) is 40.5 Å². The number of thiophene rings is 1. The van der Waals surface area contributed by atoms with Gasteiger partial charge in [-0.05, 0) is 49.7 Å². The van der Waals surface area contributed by atoms with Crippen molar-refractivity contribution in [1.29, 1.82) is 0 Å². The van der Waals surface area contributed by atoms with Crippen LogP contribution >= 0.6 is 11.3 Å². The highest BCUT2D eigenvalue weighted by atomic mass is 32.1. The third-order valence-electron chi connectivity index (χ3n) is 3.91. The number of hydrogen-bond acceptors (Lipinski definition) is 5. The summed E-state index contributed by atoms with van der Waals surface area (Å²) < 4.78 is 1.70. The van der Waals surface area contributed by atoms with Crippen molar-refractivity contribution in [1.82, 2.24) is 25.6 Å². The molecule has 2 N–H and O–H groups in total. The summed E-state index contributed by atoms with van der Waals surface area (Å²) in [5.74, 6) is 0.532. The summed E-state index contributed by atoms with van der Waals surface area (Å²) in [4.78, 5) is 13.3. The van der Waals surface area contributed by atoms with Gasteiger partial charge >= 0.3 is 0 Å². The van der Waals surface area contributed by atoms with Crippen molar-refractivity contribution in [2.75, 3.05) is 19.6 Å². The van der Waals surface area contributed by atoms with Crippen molar-refractivity contribution in [3.63, 3.8) is 0 Å². The first-order valence-corrected chi connectivity index (χ1v) is 8.60. The third kappa shape index (κ3) is 4.14. The molecule has 118 valence electrons. The molecule has 22 heavy (non-hydrogen) atoms. The quantitative estimate of drug-likeness (QED) is 0.846. The number of carbonyl (C=O) groups is 1. The molecule has 1 unspecified atom stereocenters. The van der Waals surface area contributed by atoms with Crippen molar-refractivity contribution in [3.8, 4) is 0 Å². The van der Waals surface area contributed by atoms with E-state index >= 15 is 0 Å². The average molecular weight is 319 g/mol. The molecule has 0 radical (unpaired) electrons. The van der Waals surface area contributed by atoms with Crippen LogP contribution in [0.4, 0.5) is 0 Å². The number of amides is 1. The second-order valence-electron chi connectivity index (χ2n) is 5.64. The third-order valence-corrected chi connectivity index (χ3v) is 4.77. The Balaban J connectivity index is 1.44. The van der Waals surface area contributed by atoms with Crippen LogP contribution in [-0.2, 0) is 6.54 Å². The summed E-state index contributed by atoms with van der Waals surface area (Å²) in [7, 11) is 0. The van der Waals surface area contributed by atoms with Crippen molar-refractivity contribution in [2.45, 2.75) is 25.8 Å². The van der Waals surface area contributed by atoms with E-state index in [4.69, 9.17) is 0 Å².